The minimum absolute atomic E-state index is 0.0240. The Labute approximate surface area is 192 Å². The minimum atomic E-state index is -0.220. The van der Waals surface area contributed by atoms with Crippen LogP contribution in [0.2, 0.25) is 0 Å². The maximum atomic E-state index is 13.3. The SMILES string of the molecule is Cc1cc(C)c2nc(N3CCCC(C(=O)N4CCN(c5ccc(F)cc5)CC4)C3)sc2c1. The van der Waals surface area contributed by atoms with Crippen LogP contribution in [0.15, 0.2) is 36.4 Å². The number of carbonyl (C=O) groups is 1. The fourth-order valence-corrected chi connectivity index (χ4v) is 6.12. The summed E-state index contributed by atoms with van der Waals surface area (Å²) in [6.07, 6.45) is 1.95. The Morgan fingerprint density at radius 1 is 1.03 bits per heavy atom. The molecule has 0 radical (unpaired) electrons. The number of piperazine rings is 1. The van der Waals surface area contributed by atoms with Gasteiger partial charge in [0.15, 0.2) is 5.13 Å². The first-order chi connectivity index (χ1) is 15.5. The lowest BCUT2D eigenvalue weighted by Gasteiger charge is -2.39. The van der Waals surface area contributed by atoms with Gasteiger partial charge in [0.05, 0.1) is 16.1 Å². The van der Waals surface area contributed by atoms with Gasteiger partial charge in [-0.25, -0.2) is 9.37 Å². The molecule has 3 aromatic rings. The summed E-state index contributed by atoms with van der Waals surface area (Å²) in [4.78, 5) is 24.8. The number of aryl methyl sites for hydroxylation is 2. The molecule has 0 spiro atoms. The van der Waals surface area contributed by atoms with Gasteiger partial charge in [-0.2, -0.15) is 0 Å². The number of hydrogen-bond acceptors (Lipinski definition) is 5. The third-order valence-corrected chi connectivity index (χ3v) is 7.71. The molecule has 0 aliphatic carbocycles. The Hall–Kier alpha value is -2.67. The molecule has 0 bridgehead atoms. The Balaban J connectivity index is 1.23. The number of hydrogen-bond donors (Lipinski definition) is 0. The molecule has 0 saturated carbocycles. The van der Waals surface area contributed by atoms with Crippen LogP contribution in [-0.2, 0) is 4.79 Å². The van der Waals surface area contributed by atoms with Crippen LogP contribution >= 0.6 is 11.3 Å². The van der Waals surface area contributed by atoms with Gasteiger partial charge in [-0.1, -0.05) is 17.4 Å². The zero-order valence-electron chi connectivity index (χ0n) is 18.7. The fourth-order valence-electron chi connectivity index (χ4n) is 4.94. The molecule has 5 nitrogen and oxygen atoms in total. The molecular weight excluding hydrogens is 423 g/mol. The number of anilines is 2. The second-order valence-corrected chi connectivity index (χ2v) is 10.0. The lowest BCUT2D eigenvalue weighted by molar-refractivity contribution is -0.136. The molecule has 3 heterocycles. The normalized spacial score (nSPS) is 19.6. The zero-order valence-corrected chi connectivity index (χ0v) is 19.5. The Kier molecular flexibility index (Phi) is 5.76. The van der Waals surface area contributed by atoms with Gasteiger partial charge in [0.2, 0.25) is 5.91 Å². The Morgan fingerprint density at radius 3 is 2.53 bits per heavy atom. The molecule has 7 heteroatoms. The lowest BCUT2D eigenvalue weighted by Crippen LogP contribution is -2.52. The molecule has 1 atom stereocenters. The van der Waals surface area contributed by atoms with E-state index in [1.165, 1.54) is 28.0 Å². The summed E-state index contributed by atoms with van der Waals surface area (Å²) in [6, 6.07) is 11.0. The number of amides is 1. The number of fused-ring (bicyclic) bond motifs is 1. The highest BCUT2D eigenvalue weighted by Crippen LogP contribution is 2.34. The van der Waals surface area contributed by atoms with E-state index >= 15 is 0 Å². The monoisotopic (exact) mass is 452 g/mol. The molecule has 168 valence electrons. The molecule has 1 amide bonds. The largest absolute Gasteiger partial charge is 0.368 e. The van der Waals surface area contributed by atoms with Gasteiger partial charge < -0.3 is 14.7 Å². The van der Waals surface area contributed by atoms with Crippen molar-refractivity contribution in [2.24, 2.45) is 5.92 Å². The number of nitrogens with zero attached hydrogens (tertiary/aromatic N) is 4. The molecular formula is C25H29FN4OS. The molecule has 2 aliphatic heterocycles. The van der Waals surface area contributed by atoms with Gasteiger partial charge >= 0.3 is 0 Å². The number of halogens is 1. The van der Waals surface area contributed by atoms with Crippen LogP contribution in [0.4, 0.5) is 15.2 Å². The van der Waals surface area contributed by atoms with Crippen molar-refractivity contribution >= 4 is 38.3 Å². The topological polar surface area (TPSA) is 39.7 Å². The predicted molar refractivity (Wildman–Crippen MR) is 129 cm³/mol. The van der Waals surface area contributed by atoms with Crippen LogP contribution in [-0.4, -0.2) is 55.1 Å². The van der Waals surface area contributed by atoms with E-state index in [4.69, 9.17) is 4.98 Å². The smallest absolute Gasteiger partial charge is 0.227 e. The molecule has 32 heavy (non-hydrogen) atoms. The number of thiazole rings is 1. The van der Waals surface area contributed by atoms with Crippen LogP contribution in [0.3, 0.4) is 0 Å². The highest BCUT2D eigenvalue weighted by molar-refractivity contribution is 7.22. The Bertz CT molecular complexity index is 1120. The van der Waals surface area contributed by atoms with Gasteiger partial charge in [0.1, 0.15) is 5.82 Å². The van der Waals surface area contributed by atoms with Crippen molar-refractivity contribution in [3.8, 4) is 0 Å². The van der Waals surface area contributed by atoms with Crippen molar-refractivity contribution in [1.82, 2.24) is 9.88 Å². The second kappa shape index (κ2) is 8.70. The number of aromatic nitrogens is 1. The van der Waals surface area contributed by atoms with Crippen molar-refractivity contribution < 1.29 is 9.18 Å². The molecule has 2 fully saturated rings. The minimum Gasteiger partial charge on any atom is -0.368 e. The highest BCUT2D eigenvalue weighted by atomic mass is 32.1. The summed E-state index contributed by atoms with van der Waals surface area (Å²) in [7, 11) is 0. The van der Waals surface area contributed by atoms with Crippen LogP contribution in [0.5, 0.6) is 0 Å². The van der Waals surface area contributed by atoms with Gasteiger partial charge in [-0.05, 0) is 68.1 Å². The van der Waals surface area contributed by atoms with E-state index in [9.17, 15) is 9.18 Å². The summed E-state index contributed by atoms with van der Waals surface area (Å²) >= 11 is 1.74. The summed E-state index contributed by atoms with van der Waals surface area (Å²) in [5.74, 6) is 0.0698. The highest BCUT2D eigenvalue weighted by Gasteiger charge is 2.32. The first-order valence-electron chi connectivity index (χ1n) is 11.4. The number of benzene rings is 2. The van der Waals surface area contributed by atoms with Crippen molar-refractivity contribution in [3.63, 3.8) is 0 Å². The third kappa shape index (κ3) is 4.18. The van der Waals surface area contributed by atoms with E-state index in [-0.39, 0.29) is 17.6 Å². The second-order valence-electron chi connectivity index (χ2n) is 9.00. The predicted octanol–water partition coefficient (Wildman–Crippen LogP) is 4.62. The average Bonchev–Trinajstić information content (AvgIpc) is 3.24. The van der Waals surface area contributed by atoms with Crippen molar-refractivity contribution in [3.05, 3.63) is 53.3 Å². The third-order valence-electron chi connectivity index (χ3n) is 6.64. The molecule has 1 unspecified atom stereocenters. The molecule has 5 rings (SSSR count). The molecule has 1 aromatic heterocycles. The van der Waals surface area contributed by atoms with Crippen molar-refractivity contribution in [1.29, 1.82) is 0 Å². The molecule has 2 aromatic carbocycles. The summed E-state index contributed by atoms with van der Waals surface area (Å²) in [5, 5.41) is 1.03. The van der Waals surface area contributed by atoms with Gasteiger partial charge in [-0.3, -0.25) is 4.79 Å². The van der Waals surface area contributed by atoms with Crippen LogP contribution < -0.4 is 9.80 Å². The summed E-state index contributed by atoms with van der Waals surface area (Å²) in [5.41, 5.74) is 4.58. The number of rotatable bonds is 3. The molecule has 2 saturated heterocycles. The van der Waals surface area contributed by atoms with Crippen molar-refractivity contribution in [2.45, 2.75) is 26.7 Å². The van der Waals surface area contributed by atoms with E-state index in [1.807, 2.05) is 17.0 Å². The first kappa shape index (κ1) is 21.2. The van der Waals surface area contributed by atoms with E-state index in [2.05, 4.69) is 35.8 Å². The Morgan fingerprint density at radius 2 is 1.78 bits per heavy atom. The van der Waals surface area contributed by atoms with E-state index in [0.29, 0.717) is 13.1 Å². The van der Waals surface area contributed by atoms with E-state index in [0.717, 1.165) is 55.4 Å². The molecule has 2 aliphatic rings. The lowest BCUT2D eigenvalue weighted by atomic mass is 9.96. The van der Waals surface area contributed by atoms with Crippen LogP contribution in [0, 0.1) is 25.6 Å². The fraction of sp³-hybridized carbons (Fsp3) is 0.440. The number of carbonyl (C=O) groups excluding carboxylic acids is 1. The van der Waals surface area contributed by atoms with Crippen LogP contribution in [0.25, 0.3) is 10.2 Å². The first-order valence-corrected chi connectivity index (χ1v) is 12.2. The quantitative estimate of drug-likeness (QED) is 0.582. The van der Waals surface area contributed by atoms with Gasteiger partial charge in [-0.15, -0.1) is 0 Å². The number of piperidine rings is 1. The van der Waals surface area contributed by atoms with Gasteiger partial charge in [0, 0.05) is 45.0 Å². The van der Waals surface area contributed by atoms with Crippen molar-refractivity contribution in [2.75, 3.05) is 49.1 Å². The average molecular weight is 453 g/mol. The zero-order chi connectivity index (χ0) is 22.2. The summed E-state index contributed by atoms with van der Waals surface area (Å²) in [6.45, 7) is 8.94. The van der Waals surface area contributed by atoms with E-state index < -0.39 is 0 Å². The molecule has 0 N–H and O–H groups in total. The standard InChI is InChI=1S/C25H29FN4OS/c1-17-14-18(2)23-22(15-17)32-25(27-23)30-9-3-4-19(16-30)24(31)29-12-10-28(11-13-29)21-7-5-20(26)6-8-21/h5-8,14-15,19H,3-4,9-13,16H2,1-2H3. The van der Waals surface area contributed by atoms with Gasteiger partial charge in [0.25, 0.3) is 0 Å². The maximum Gasteiger partial charge on any atom is 0.227 e. The van der Waals surface area contributed by atoms with E-state index in [1.54, 1.807) is 11.3 Å². The maximum absolute atomic E-state index is 13.3. The van der Waals surface area contributed by atoms with Crippen LogP contribution in [0.1, 0.15) is 24.0 Å². The summed E-state index contributed by atoms with van der Waals surface area (Å²) < 4.78 is 14.4.